The molecule has 0 aliphatic carbocycles. The van der Waals surface area contributed by atoms with Crippen LogP contribution in [0.2, 0.25) is 0 Å². The van der Waals surface area contributed by atoms with Crippen molar-refractivity contribution >= 4 is 11.9 Å². The number of rotatable bonds is 6. The molecule has 0 saturated carbocycles. The molecule has 7 nitrogen and oxygen atoms in total. The molecule has 0 atom stereocenters. The minimum Gasteiger partial charge on any atom is -0.454 e. The zero-order valence-electron chi connectivity index (χ0n) is 15.7. The topological polar surface area (TPSA) is 85.4 Å². The largest absolute Gasteiger partial charge is 0.454 e. The second-order valence-corrected chi connectivity index (χ2v) is 6.53. The van der Waals surface area contributed by atoms with Crippen LogP contribution >= 0.6 is 0 Å². The molecule has 2 aromatic carbocycles. The number of ether oxygens (including phenoxy) is 2. The molecule has 0 saturated heterocycles. The van der Waals surface area contributed by atoms with Crippen LogP contribution in [0, 0.1) is 12.7 Å². The quantitative estimate of drug-likeness (QED) is 0.668. The normalized spacial score (nSPS) is 11.9. The predicted molar refractivity (Wildman–Crippen MR) is 104 cm³/mol. The van der Waals surface area contributed by atoms with Crippen molar-refractivity contribution in [2.24, 2.45) is 0 Å². The summed E-state index contributed by atoms with van der Waals surface area (Å²) in [6.07, 6.45) is 0. The highest BCUT2D eigenvalue weighted by Crippen LogP contribution is 2.32. The smallest absolute Gasteiger partial charge is 0.270 e. The van der Waals surface area contributed by atoms with Crippen molar-refractivity contribution < 1.29 is 18.7 Å². The van der Waals surface area contributed by atoms with Crippen molar-refractivity contribution in [3.05, 3.63) is 76.9 Å². The minimum absolute atomic E-state index is 0.0779. The van der Waals surface area contributed by atoms with Gasteiger partial charge in [0, 0.05) is 24.3 Å². The number of carbonyl (C=O) groups excluding carboxylic acids is 1. The summed E-state index contributed by atoms with van der Waals surface area (Å²) in [6.45, 7) is 2.53. The fraction of sp³-hybridized carbons (Fsp3) is 0.190. The number of fused-ring (bicyclic) bond motifs is 1. The van der Waals surface area contributed by atoms with Crippen molar-refractivity contribution in [3.63, 3.8) is 0 Å². The number of carbonyl (C=O) groups is 1. The van der Waals surface area contributed by atoms with Crippen LogP contribution in [0.4, 0.5) is 10.3 Å². The Kier molecular flexibility index (Phi) is 5.24. The molecule has 2 N–H and O–H groups in total. The van der Waals surface area contributed by atoms with Crippen LogP contribution in [-0.2, 0) is 13.1 Å². The summed E-state index contributed by atoms with van der Waals surface area (Å²) in [5.74, 6) is 0.985. The lowest BCUT2D eigenvalue weighted by Gasteiger charge is -2.10. The number of aryl methyl sites for hydroxylation is 1. The van der Waals surface area contributed by atoms with Crippen LogP contribution < -0.4 is 20.1 Å². The number of aromatic nitrogens is 2. The SMILES string of the molecule is Cc1cc(C(=O)NCc2ccccc2F)nc(NCc2ccc3c(c2)OCO3)n1. The molecular weight excluding hydrogens is 375 g/mol. The number of hydrogen-bond donors (Lipinski definition) is 2. The van der Waals surface area contributed by atoms with Crippen molar-refractivity contribution in [3.8, 4) is 11.5 Å². The average Bonchev–Trinajstić information content (AvgIpc) is 3.19. The Morgan fingerprint density at radius 3 is 2.76 bits per heavy atom. The van der Waals surface area contributed by atoms with Gasteiger partial charge in [0.1, 0.15) is 11.5 Å². The van der Waals surface area contributed by atoms with E-state index in [4.69, 9.17) is 9.47 Å². The molecule has 8 heteroatoms. The summed E-state index contributed by atoms with van der Waals surface area (Å²) >= 11 is 0. The van der Waals surface area contributed by atoms with Gasteiger partial charge in [-0.05, 0) is 36.8 Å². The van der Waals surface area contributed by atoms with Crippen LogP contribution in [0.25, 0.3) is 0 Å². The van der Waals surface area contributed by atoms with E-state index < -0.39 is 5.91 Å². The average molecular weight is 394 g/mol. The molecular formula is C21H19FN4O3. The highest BCUT2D eigenvalue weighted by Gasteiger charge is 2.14. The van der Waals surface area contributed by atoms with Crippen LogP contribution in [-0.4, -0.2) is 22.7 Å². The lowest BCUT2D eigenvalue weighted by atomic mass is 10.2. The van der Waals surface area contributed by atoms with Crippen LogP contribution in [0.5, 0.6) is 11.5 Å². The van der Waals surface area contributed by atoms with Gasteiger partial charge in [0.25, 0.3) is 5.91 Å². The first-order valence-corrected chi connectivity index (χ1v) is 9.08. The van der Waals surface area contributed by atoms with Gasteiger partial charge >= 0.3 is 0 Å². The molecule has 0 radical (unpaired) electrons. The molecule has 4 rings (SSSR count). The molecule has 148 valence electrons. The molecule has 29 heavy (non-hydrogen) atoms. The summed E-state index contributed by atoms with van der Waals surface area (Å²) in [5, 5.41) is 5.80. The van der Waals surface area contributed by atoms with E-state index >= 15 is 0 Å². The Hall–Kier alpha value is -3.68. The molecule has 0 bridgehead atoms. The highest BCUT2D eigenvalue weighted by molar-refractivity contribution is 5.92. The predicted octanol–water partition coefficient (Wildman–Crippen LogP) is 3.19. The zero-order valence-corrected chi connectivity index (χ0v) is 15.7. The van der Waals surface area contributed by atoms with Gasteiger partial charge in [-0.15, -0.1) is 0 Å². The summed E-state index contributed by atoms with van der Waals surface area (Å²) in [7, 11) is 0. The maximum atomic E-state index is 13.7. The second-order valence-electron chi connectivity index (χ2n) is 6.53. The summed E-state index contributed by atoms with van der Waals surface area (Å²) in [6, 6.07) is 13.5. The van der Waals surface area contributed by atoms with E-state index in [1.54, 1.807) is 31.2 Å². The minimum atomic E-state index is -0.398. The van der Waals surface area contributed by atoms with Crippen LogP contribution in [0.1, 0.15) is 27.3 Å². The second kappa shape index (κ2) is 8.14. The number of benzene rings is 2. The molecule has 1 aromatic heterocycles. The van der Waals surface area contributed by atoms with E-state index in [-0.39, 0.29) is 24.8 Å². The molecule has 2 heterocycles. The van der Waals surface area contributed by atoms with Gasteiger partial charge in [0.05, 0.1) is 0 Å². The number of hydrogen-bond acceptors (Lipinski definition) is 6. The highest BCUT2D eigenvalue weighted by atomic mass is 19.1. The van der Waals surface area contributed by atoms with Crippen molar-refractivity contribution in [1.29, 1.82) is 0 Å². The maximum absolute atomic E-state index is 13.7. The molecule has 0 spiro atoms. The Morgan fingerprint density at radius 1 is 1.07 bits per heavy atom. The standard InChI is InChI=1S/C21H19FN4O3/c1-13-8-17(20(27)23-11-15-4-2-3-5-16(15)22)26-21(25-13)24-10-14-6-7-18-19(9-14)29-12-28-18/h2-9H,10-12H2,1H3,(H,23,27)(H,24,25,26). The van der Waals surface area contributed by atoms with Gasteiger partial charge in [-0.25, -0.2) is 14.4 Å². The van der Waals surface area contributed by atoms with Crippen molar-refractivity contribution in [2.75, 3.05) is 12.1 Å². The van der Waals surface area contributed by atoms with Crippen molar-refractivity contribution in [2.45, 2.75) is 20.0 Å². The summed E-state index contributed by atoms with van der Waals surface area (Å²) < 4.78 is 24.4. The van der Waals surface area contributed by atoms with Gasteiger partial charge < -0.3 is 20.1 Å². The molecule has 0 unspecified atom stereocenters. The first-order chi connectivity index (χ1) is 14.1. The Labute approximate surface area is 166 Å². The first kappa shape index (κ1) is 18.7. The Bertz CT molecular complexity index is 1060. The van der Waals surface area contributed by atoms with Gasteiger partial charge in [0.2, 0.25) is 12.7 Å². The van der Waals surface area contributed by atoms with Gasteiger partial charge in [-0.1, -0.05) is 24.3 Å². The molecule has 1 aliphatic heterocycles. The number of amides is 1. The Morgan fingerprint density at radius 2 is 1.90 bits per heavy atom. The first-order valence-electron chi connectivity index (χ1n) is 9.08. The van der Waals surface area contributed by atoms with Gasteiger partial charge in [-0.2, -0.15) is 0 Å². The summed E-state index contributed by atoms with van der Waals surface area (Å²) in [4.78, 5) is 21.0. The Balaban J connectivity index is 1.41. The van der Waals surface area contributed by atoms with E-state index in [2.05, 4.69) is 20.6 Å². The van der Waals surface area contributed by atoms with E-state index in [1.165, 1.54) is 6.07 Å². The molecule has 0 fully saturated rings. The molecule has 1 aliphatic rings. The monoisotopic (exact) mass is 394 g/mol. The third kappa shape index (κ3) is 4.43. The van der Waals surface area contributed by atoms with Crippen LogP contribution in [0.15, 0.2) is 48.5 Å². The van der Waals surface area contributed by atoms with E-state index in [0.29, 0.717) is 29.5 Å². The van der Waals surface area contributed by atoms with Gasteiger partial charge in [-0.3, -0.25) is 4.79 Å². The number of nitrogens with one attached hydrogen (secondary N) is 2. The number of nitrogens with zero attached hydrogens (tertiary/aromatic N) is 2. The fourth-order valence-corrected chi connectivity index (χ4v) is 2.90. The number of anilines is 1. The van der Waals surface area contributed by atoms with Crippen molar-refractivity contribution in [1.82, 2.24) is 15.3 Å². The molecule has 1 amide bonds. The van der Waals surface area contributed by atoms with E-state index in [0.717, 1.165) is 11.3 Å². The third-order valence-corrected chi connectivity index (χ3v) is 4.37. The lowest BCUT2D eigenvalue weighted by molar-refractivity contribution is 0.0945. The number of halogens is 1. The summed E-state index contributed by atoms with van der Waals surface area (Å²) in [5.41, 5.74) is 2.23. The molecule has 3 aromatic rings. The fourth-order valence-electron chi connectivity index (χ4n) is 2.90. The zero-order chi connectivity index (χ0) is 20.2. The lowest BCUT2D eigenvalue weighted by Crippen LogP contribution is -2.25. The third-order valence-electron chi connectivity index (χ3n) is 4.37. The van der Waals surface area contributed by atoms with E-state index in [9.17, 15) is 9.18 Å². The maximum Gasteiger partial charge on any atom is 0.270 e. The van der Waals surface area contributed by atoms with Gasteiger partial charge in [0.15, 0.2) is 11.5 Å². The van der Waals surface area contributed by atoms with E-state index in [1.807, 2.05) is 18.2 Å². The van der Waals surface area contributed by atoms with Crippen LogP contribution in [0.3, 0.4) is 0 Å².